The lowest BCUT2D eigenvalue weighted by atomic mass is 9.83. The Morgan fingerprint density at radius 3 is 2.78 bits per heavy atom. The Hall–Kier alpha value is -1.55. The Morgan fingerprint density at radius 1 is 1.33 bits per heavy atom. The second-order valence-electron chi connectivity index (χ2n) is 4.91. The molecule has 1 aromatic carbocycles. The molecule has 0 fully saturated rings. The minimum atomic E-state index is 0.369. The van der Waals surface area contributed by atoms with E-state index in [1.165, 1.54) is 5.56 Å². The van der Waals surface area contributed by atoms with Crippen LogP contribution in [0.5, 0.6) is 0 Å². The Bertz CT molecular complexity index is 561. The lowest BCUT2D eigenvalue weighted by molar-refractivity contribution is 0.330. The minimum absolute atomic E-state index is 0.369. The van der Waals surface area contributed by atoms with Crippen molar-refractivity contribution in [2.45, 2.75) is 25.8 Å². The number of fused-ring (bicyclic) bond motifs is 1. The first-order valence-electron chi connectivity index (χ1n) is 6.08. The Kier molecular flexibility index (Phi) is 2.74. The highest BCUT2D eigenvalue weighted by Crippen LogP contribution is 2.33. The second-order valence-corrected chi connectivity index (χ2v) is 5.34. The predicted octanol–water partition coefficient (Wildman–Crippen LogP) is 2.49. The van der Waals surface area contributed by atoms with E-state index in [1.54, 1.807) is 0 Å². The van der Waals surface area contributed by atoms with Crippen LogP contribution in [0.15, 0.2) is 24.3 Å². The summed E-state index contributed by atoms with van der Waals surface area (Å²) >= 11 is 5.93. The van der Waals surface area contributed by atoms with Gasteiger partial charge in [0.05, 0.1) is 6.54 Å². The molecule has 4 nitrogen and oxygen atoms in total. The van der Waals surface area contributed by atoms with Crippen molar-refractivity contribution >= 4 is 17.5 Å². The van der Waals surface area contributed by atoms with E-state index in [0.29, 0.717) is 17.8 Å². The van der Waals surface area contributed by atoms with Gasteiger partial charge in [0.1, 0.15) is 5.82 Å². The van der Waals surface area contributed by atoms with Gasteiger partial charge in [0, 0.05) is 17.4 Å². The Balaban J connectivity index is 1.92. The fourth-order valence-electron chi connectivity index (χ4n) is 2.63. The van der Waals surface area contributed by atoms with Gasteiger partial charge in [-0.25, -0.2) is 4.68 Å². The maximum atomic E-state index is 5.93. The van der Waals surface area contributed by atoms with Crippen LogP contribution in [0, 0.1) is 5.92 Å². The van der Waals surface area contributed by atoms with Gasteiger partial charge < -0.3 is 5.73 Å². The normalized spacial score (nSPS) is 22.8. The molecular weight excluding hydrogens is 248 g/mol. The first kappa shape index (κ1) is 11.5. The van der Waals surface area contributed by atoms with Crippen molar-refractivity contribution in [1.82, 2.24) is 14.8 Å². The number of anilines is 1. The second kappa shape index (κ2) is 4.28. The zero-order valence-electron chi connectivity index (χ0n) is 10.2. The third-order valence-corrected chi connectivity index (χ3v) is 3.88. The monoisotopic (exact) mass is 262 g/mol. The van der Waals surface area contributed by atoms with Crippen LogP contribution in [0.1, 0.15) is 24.2 Å². The summed E-state index contributed by atoms with van der Waals surface area (Å²) in [5.74, 6) is 2.33. The van der Waals surface area contributed by atoms with Gasteiger partial charge >= 0.3 is 0 Å². The molecule has 2 unspecified atom stereocenters. The van der Waals surface area contributed by atoms with Gasteiger partial charge in [-0.15, -0.1) is 5.10 Å². The summed E-state index contributed by atoms with van der Waals surface area (Å²) in [7, 11) is 0. The summed E-state index contributed by atoms with van der Waals surface area (Å²) in [6.07, 6.45) is 0.914. The Morgan fingerprint density at radius 2 is 2.06 bits per heavy atom. The highest BCUT2D eigenvalue weighted by molar-refractivity contribution is 6.30. The third-order valence-electron chi connectivity index (χ3n) is 3.62. The zero-order valence-corrected chi connectivity index (χ0v) is 10.9. The van der Waals surface area contributed by atoms with Gasteiger partial charge in [0.15, 0.2) is 0 Å². The fourth-order valence-corrected chi connectivity index (χ4v) is 2.76. The molecule has 0 saturated heterocycles. The van der Waals surface area contributed by atoms with E-state index in [0.717, 1.165) is 23.8 Å². The fraction of sp³-hybridized carbons (Fsp3) is 0.385. The molecule has 2 aromatic rings. The average molecular weight is 263 g/mol. The van der Waals surface area contributed by atoms with Gasteiger partial charge in [-0.05, 0) is 23.6 Å². The summed E-state index contributed by atoms with van der Waals surface area (Å²) < 4.78 is 1.93. The molecule has 1 aliphatic heterocycles. The average Bonchev–Trinajstić information content (AvgIpc) is 2.68. The van der Waals surface area contributed by atoms with Crippen molar-refractivity contribution in [2.24, 2.45) is 5.92 Å². The lowest BCUT2D eigenvalue weighted by Crippen LogP contribution is -2.27. The number of aromatic nitrogens is 3. The van der Waals surface area contributed by atoms with Gasteiger partial charge in [-0.1, -0.05) is 30.7 Å². The first-order valence-corrected chi connectivity index (χ1v) is 6.46. The minimum Gasteiger partial charge on any atom is -0.366 e. The lowest BCUT2D eigenvalue weighted by Gasteiger charge is -2.29. The van der Waals surface area contributed by atoms with Crippen LogP contribution in [0.3, 0.4) is 0 Å². The van der Waals surface area contributed by atoms with Crippen molar-refractivity contribution in [1.29, 1.82) is 0 Å². The molecule has 5 heteroatoms. The topological polar surface area (TPSA) is 56.7 Å². The number of nitrogen functional groups attached to an aromatic ring is 1. The molecule has 3 rings (SSSR count). The van der Waals surface area contributed by atoms with Crippen molar-refractivity contribution < 1.29 is 0 Å². The van der Waals surface area contributed by atoms with Gasteiger partial charge in [0.25, 0.3) is 0 Å². The summed E-state index contributed by atoms with van der Waals surface area (Å²) in [6, 6.07) is 8.06. The van der Waals surface area contributed by atoms with Crippen LogP contribution in [-0.2, 0) is 13.0 Å². The SMILES string of the molecule is CC1Cc2nc(N)nn2CC1c1ccc(Cl)cc1. The molecule has 0 bridgehead atoms. The zero-order chi connectivity index (χ0) is 12.7. The molecule has 0 amide bonds. The van der Waals surface area contributed by atoms with E-state index in [4.69, 9.17) is 17.3 Å². The van der Waals surface area contributed by atoms with Crippen molar-refractivity contribution in [2.75, 3.05) is 5.73 Å². The molecular formula is C13H15ClN4. The maximum absolute atomic E-state index is 5.93. The van der Waals surface area contributed by atoms with E-state index in [2.05, 4.69) is 29.1 Å². The first-order chi connectivity index (χ1) is 8.63. The van der Waals surface area contributed by atoms with Crippen LogP contribution >= 0.6 is 11.6 Å². The molecule has 2 N–H and O–H groups in total. The molecule has 1 aliphatic rings. The van der Waals surface area contributed by atoms with Gasteiger partial charge in [-0.3, -0.25) is 0 Å². The van der Waals surface area contributed by atoms with Gasteiger partial charge in [-0.2, -0.15) is 4.98 Å². The van der Waals surface area contributed by atoms with E-state index in [-0.39, 0.29) is 0 Å². The molecule has 2 atom stereocenters. The van der Waals surface area contributed by atoms with E-state index in [1.807, 2.05) is 16.8 Å². The number of hydrogen-bond acceptors (Lipinski definition) is 3. The molecule has 0 aliphatic carbocycles. The van der Waals surface area contributed by atoms with Crippen LogP contribution < -0.4 is 5.73 Å². The number of hydrogen-bond donors (Lipinski definition) is 1. The highest BCUT2D eigenvalue weighted by atomic mass is 35.5. The highest BCUT2D eigenvalue weighted by Gasteiger charge is 2.28. The number of halogens is 1. The quantitative estimate of drug-likeness (QED) is 0.859. The molecule has 94 valence electrons. The summed E-state index contributed by atoms with van der Waals surface area (Å²) in [5.41, 5.74) is 6.95. The standard InChI is InChI=1S/C13H15ClN4/c1-8-6-12-16-13(15)17-18(12)7-11(8)9-2-4-10(14)5-3-9/h2-5,8,11H,6-7H2,1H3,(H2,15,17). The van der Waals surface area contributed by atoms with Crippen LogP contribution in [0.2, 0.25) is 5.02 Å². The van der Waals surface area contributed by atoms with Crippen LogP contribution in [0.4, 0.5) is 5.95 Å². The van der Waals surface area contributed by atoms with Crippen molar-refractivity contribution in [3.05, 3.63) is 40.7 Å². The molecule has 0 radical (unpaired) electrons. The largest absolute Gasteiger partial charge is 0.366 e. The number of nitrogens with zero attached hydrogens (tertiary/aromatic N) is 3. The molecule has 1 aromatic heterocycles. The number of benzene rings is 1. The smallest absolute Gasteiger partial charge is 0.239 e. The number of nitrogens with two attached hydrogens (primary N) is 1. The van der Waals surface area contributed by atoms with E-state index < -0.39 is 0 Å². The molecule has 0 saturated carbocycles. The predicted molar refractivity (Wildman–Crippen MR) is 71.5 cm³/mol. The molecule has 2 heterocycles. The maximum Gasteiger partial charge on any atom is 0.239 e. The summed E-state index contributed by atoms with van der Waals surface area (Å²) in [4.78, 5) is 4.25. The van der Waals surface area contributed by atoms with Gasteiger partial charge in [0.2, 0.25) is 5.95 Å². The molecule has 0 spiro atoms. The summed E-state index contributed by atoms with van der Waals surface area (Å²) in [5, 5.41) is 5.01. The third kappa shape index (κ3) is 1.97. The van der Waals surface area contributed by atoms with Crippen molar-refractivity contribution in [3.63, 3.8) is 0 Å². The van der Waals surface area contributed by atoms with Crippen LogP contribution in [0.25, 0.3) is 0 Å². The molecule has 18 heavy (non-hydrogen) atoms. The van der Waals surface area contributed by atoms with Crippen molar-refractivity contribution in [3.8, 4) is 0 Å². The van der Waals surface area contributed by atoms with E-state index in [9.17, 15) is 0 Å². The van der Waals surface area contributed by atoms with E-state index >= 15 is 0 Å². The summed E-state index contributed by atoms with van der Waals surface area (Å²) in [6.45, 7) is 3.08. The number of rotatable bonds is 1. The Labute approximate surface area is 111 Å². The van der Waals surface area contributed by atoms with Crippen LogP contribution in [-0.4, -0.2) is 14.8 Å².